The molecule has 0 fully saturated rings. The molecule has 108 valence electrons. The Balaban J connectivity index is 2.49. The third kappa shape index (κ3) is 2.88. The summed E-state index contributed by atoms with van der Waals surface area (Å²) in [6, 6.07) is 0. The summed E-state index contributed by atoms with van der Waals surface area (Å²) in [5.41, 5.74) is 3.58. The number of nitrogens with zero attached hydrogens (tertiary/aromatic N) is 4. The number of imidazole rings is 1. The fourth-order valence-corrected chi connectivity index (χ4v) is 2.39. The second-order valence-electron chi connectivity index (χ2n) is 4.84. The summed E-state index contributed by atoms with van der Waals surface area (Å²) in [5.74, 6) is 1.56. The first-order valence-corrected chi connectivity index (χ1v) is 7.22. The van der Waals surface area contributed by atoms with Gasteiger partial charge in [-0.25, -0.2) is 15.0 Å². The van der Waals surface area contributed by atoms with Crippen molar-refractivity contribution in [1.82, 2.24) is 24.8 Å². The Morgan fingerprint density at radius 3 is 2.25 bits per heavy atom. The number of rotatable bonds is 6. The van der Waals surface area contributed by atoms with Crippen LogP contribution in [0.4, 0.5) is 0 Å². The van der Waals surface area contributed by atoms with Gasteiger partial charge in [0.1, 0.15) is 0 Å². The molecule has 2 aromatic rings. The first-order chi connectivity index (χ1) is 9.71. The first kappa shape index (κ1) is 14.7. The molecule has 0 amide bonds. The van der Waals surface area contributed by atoms with Crippen molar-refractivity contribution in [3.63, 3.8) is 0 Å². The third-order valence-corrected chi connectivity index (χ3v) is 3.49. The van der Waals surface area contributed by atoms with Gasteiger partial charge < -0.3 is 9.88 Å². The second-order valence-corrected chi connectivity index (χ2v) is 4.84. The van der Waals surface area contributed by atoms with Gasteiger partial charge in [0, 0.05) is 30.8 Å². The monoisotopic (exact) mass is 273 g/mol. The highest BCUT2D eigenvalue weighted by Gasteiger charge is 2.15. The quantitative estimate of drug-likeness (QED) is 0.871. The van der Waals surface area contributed by atoms with Crippen molar-refractivity contribution in [3.8, 4) is 11.6 Å². The molecule has 0 saturated carbocycles. The maximum Gasteiger partial charge on any atom is 0.196 e. The minimum Gasteiger partial charge on any atom is -0.331 e. The van der Waals surface area contributed by atoms with E-state index in [4.69, 9.17) is 9.97 Å². The number of aromatic nitrogens is 4. The number of aryl methyl sites for hydroxylation is 3. The molecule has 0 aromatic carbocycles. The van der Waals surface area contributed by atoms with Crippen molar-refractivity contribution in [1.29, 1.82) is 0 Å². The largest absolute Gasteiger partial charge is 0.331 e. The minimum atomic E-state index is 0.736. The molecular formula is C15H23N5. The van der Waals surface area contributed by atoms with Gasteiger partial charge in [0.15, 0.2) is 11.6 Å². The SMILES string of the molecule is CCc1nc(-c2nccn2C)nc(CC)c1CCNC. The lowest BCUT2D eigenvalue weighted by molar-refractivity contribution is 0.758. The maximum atomic E-state index is 4.73. The van der Waals surface area contributed by atoms with Gasteiger partial charge in [0.2, 0.25) is 0 Å². The molecule has 20 heavy (non-hydrogen) atoms. The molecular weight excluding hydrogens is 250 g/mol. The van der Waals surface area contributed by atoms with Gasteiger partial charge in [0.25, 0.3) is 0 Å². The highest BCUT2D eigenvalue weighted by atomic mass is 15.1. The zero-order valence-electron chi connectivity index (χ0n) is 12.8. The van der Waals surface area contributed by atoms with E-state index >= 15 is 0 Å². The van der Waals surface area contributed by atoms with Crippen LogP contribution in [0.2, 0.25) is 0 Å². The van der Waals surface area contributed by atoms with E-state index < -0.39 is 0 Å². The number of hydrogen-bond donors (Lipinski definition) is 1. The summed E-state index contributed by atoms with van der Waals surface area (Å²) in [6.07, 6.45) is 6.53. The second kappa shape index (κ2) is 6.61. The predicted molar refractivity (Wildman–Crippen MR) is 80.6 cm³/mol. The Morgan fingerprint density at radius 2 is 1.80 bits per heavy atom. The Kier molecular flexibility index (Phi) is 4.84. The maximum absolute atomic E-state index is 4.73. The van der Waals surface area contributed by atoms with Gasteiger partial charge in [-0.3, -0.25) is 0 Å². The predicted octanol–water partition coefficient (Wildman–Crippen LogP) is 1.76. The van der Waals surface area contributed by atoms with Gasteiger partial charge in [-0.15, -0.1) is 0 Å². The molecule has 2 rings (SSSR count). The van der Waals surface area contributed by atoms with Crippen LogP contribution in [0.15, 0.2) is 12.4 Å². The van der Waals surface area contributed by atoms with Crippen molar-refractivity contribution in [2.45, 2.75) is 33.1 Å². The van der Waals surface area contributed by atoms with Crippen LogP contribution in [-0.4, -0.2) is 33.1 Å². The van der Waals surface area contributed by atoms with Crippen molar-refractivity contribution in [3.05, 3.63) is 29.3 Å². The molecule has 0 atom stereocenters. The van der Waals surface area contributed by atoms with Crippen molar-refractivity contribution >= 4 is 0 Å². The summed E-state index contributed by atoms with van der Waals surface area (Å²) >= 11 is 0. The average molecular weight is 273 g/mol. The van der Waals surface area contributed by atoms with Crippen molar-refractivity contribution in [2.24, 2.45) is 7.05 Å². The first-order valence-electron chi connectivity index (χ1n) is 7.22. The van der Waals surface area contributed by atoms with Gasteiger partial charge in [-0.1, -0.05) is 13.8 Å². The molecule has 0 aliphatic heterocycles. The summed E-state index contributed by atoms with van der Waals surface area (Å²) < 4.78 is 1.96. The Labute approximate surface area is 120 Å². The molecule has 0 spiro atoms. The van der Waals surface area contributed by atoms with Crippen LogP contribution < -0.4 is 5.32 Å². The smallest absolute Gasteiger partial charge is 0.196 e. The van der Waals surface area contributed by atoms with Crippen LogP contribution in [0.5, 0.6) is 0 Å². The zero-order chi connectivity index (χ0) is 14.5. The van der Waals surface area contributed by atoms with E-state index in [1.165, 1.54) is 5.56 Å². The molecule has 1 N–H and O–H groups in total. The van der Waals surface area contributed by atoms with Crippen LogP contribution in [0.1, 0.15) is 30.8 Å². The van der Waals surface area contributed by atoms with Crippen LogP contribution >= 0.6 is 0 Å². The van der Waals surface area contributed by atoms with Gasteiger partial charge >= 0.3 is 0 Å². The van der Waals surface area contributed by atoms with Gasteiger partial charge in [-0.2, -0.15) is 0 Å². The van der Waals surface area contributed by atoms with Gasteiger partial charge in [-0.05, 0) is 38.4 Å². The molecule has 0 aliphatic rings. The molecule has 0 bridgehead atoms. The molecule has 2 heterocycles. The molecule has 0 aliphatic carbocycles. The topological polar surface area (TPSA) is 55.6 Å². The lowest BCUT2D eigenvalue weighted by atomic mass is 10.0. The fraction of sp³-hybridized carbons (Fsp3) is 0.533. The van der Waals surface area contributed by atoms with E-state index in [0.29, 0.717) is 0 Å². The van der Waals surface area contributed by atoms with Crippen LogP contribution in [0.25, 0.3) is 11.6 Å². The lowest BCUT2D eigenvalue weighted by Gasteiger charge is -2.13. The van der Waals surface area contributed by atoms with Crippen molar-refractivity contribution in [2.75, 3.05) is 13.6 Å². The number of nitrogens with one attached hydrogen (secondary N) is 1. The van der Waals surface area contributed by atoms with Crippen molar-refractivity contribution < 1.29 is 0 Å². The minimum absolute atomic E-state index is 0.736. The van der Waals surface area contributed by atoms with Crippen LogP contribution in [-0.2, 0) is 26.3 Å². The van der Waals surface area contributed by atoms with E-state index in [0.717, 1.165) is 48.8 Å². The summed E-state index contributed by atoms with van der Waals surface area (Å²) in [6.45, 7) is 5.24. The Hall–Kier alpha value is -1.75. The van der Waals surface area contributed by atoms with E-state index in [2.05, 4.69) is 24.1 Å². The fourth-order valence-electron chi connectivity index (χ4n) is 2.39. The van der Waals surface area contributed by atoms with E-state index in [-0.39, 0.29) is 0 Å². The summed E-state index contributed by atoms with van der Waals surface area (Å²) in [4.78, 5) is 13.8. The highest BCUT2D eigenvalue weighted by Crippen LogP contribution is 2.19. The molecule has 0 saturated heterocycles. The lowest BCUT2D eigenvalue weighted by Crippen LogP contribution is -2.15. The molecule has 0 radical (unpaired) electrons. The van der Waals surface area contributed by atoms with E-state index in [9.17, 15) is 0 Å². The van der Waals surface area contributed by atoms with Crippen LogP contribution in [0.3, 0.4) is 0 Å². The molecule has 2 aromatic heterocycles. The number of hydrogen-bond acceptors (Lipinski definition) is 4. The highest BCUT2D eigenvalue weighted by molar-refractivity contribution is 5.46. The Morgan fingerprint density at radius 1 is 1.15 bits per heavy atom. The molecule has 0 unspecified atom stereocenters. The normalized spacial score (nSPS) is 11.0. The molecule has 5 nitrogen and oxygen atoms in total. The van der Waals surface area contributed by atoms with E-state index in [1.807, 2.05) is 24.9 Å². The Bertz CT molecular complexity index is 548. The molecule has 5 heteroatoms. The number of likely N-dealkylation sites (N-methyl/N-ethyl adjacent to an activating group) is 1. The average Bonchev–Trinajstić information content (AvgIpc) is 2.90. The standard InChI is InChI=1S/C15H23N5/c1-5-12-11(7-8-16-3)13(6-2)19-14(18-12)15-17-9-10-20(15)4/h9-10,16H,5-8H2,1-4H3. The zero-order valence-corrected chi connectivity index (χ0v) is 12.8. The summed E-state index contributed by atoms with van der Waals surface area (Å²) in [5, 5.41) is 3.20. The third-order valence-electron chi connectivity index (χ3n) is 3.49. The van der Waals surface area contributed by atoms with Gasteiger partial charge in [0.05, 0.1) is 0 Å². The van der Waals surface area contributed by atoms with E-state index in [1.54, 1.807) is 6.20 Å². The summed E-state index contributed by atoms with van der Waals surface area (Å²) in [7, 11) is 3.94. The van der Waals surface area contributed by atoms with Crippen LogP contribution in [0, 0.1) is 0 Å².